The molecule has 0 unspecified atom stereocenters. The molecule has 0 saturated heterocycles. The Kier molecular flexibility index (Phi) is 2.26. The molecule has 0 heterocycles. The summed E-state index contributed by atoms with van der Waals surface area (Å²) in [6, 6.07) is -3.14. The highest BCUT2D eigenvalue weighted by Gasteiger charge is 2.22. The van der Waals surface area contributed by atoms with E-state index in [1.54, 1.807) is 20.8 Å². The lowest BCUT2D eigenvalue weighted by Gasteiger charge is -2.22. The number of hydrogen-bond acceptors (Lipinski definition) is 3. The largest absolute Gasteiger partial charge is 0.459 e. The van der Waals surface area contributed by atoms with Crippen molar-refractivity contribution in [3.63, 3.8) is 0 Å². The molecule has 0 radical (unpaired) electrons. The lowest BCUT2D eigenvalue weighted by atomic mass is 10.1. The van der Waals surface area contributed by atoms with Gasteiger partial charge >= 0.3 is 5.97 Å². The second-order valence-corrected chi connectivity index (χ2v) is 4.45. The fourth-order valence-corrected chi connectivity index (χ4v) is 1.06. The van der Waals surface area contributed by atoms with Crippen LogP contribution in [-0.4, -0.2) is 17.6 Å². The fraction of sp³-hybridized carbons (Fsp3) is 0.462. The normalized spacial score (nSPS) is 17.6. The Morgan fingerprint density at radius 1 is 1.44 bits per heavy atom. The van der Waals surface area contributed by atoms with Crippen LogP contribution in [0.15, 0.2) is 30.2 Å². The first-order valence-corrected chi connectivity index (χ1v) is 5.00. The Morgan fingerprint density at radius 3 is 2.50 bits per heavy atom. The van der Waals surface area contributed by atoms with Crippen molar-refractivity contribution in [3.05, 3.63) is 35.8 Å². The summed E-state index contributed by atoms with van der Waals surface area (Å²) in [4.78, 5) is 11.8. The van der Waals surface area contributed by atoms with Gasteiger partial charge in [-0.15, -0.1) is 0 Å². The molecule has 0 spiro atoms. The molecule has 0 aliphatic rings. The minimum atomic E-state index is -1.09. The van der Waals surface area contributed by atoms with Gasteiger partial charge in [-0.05, 0) is 32.8 Å². The molecule has 16 heavy (non-hydrogen) atoms. The van der Waals surface area contributed by atoms with Gasteiger partial charge in [0.05, 0.1) is 6.85 Å². The van der Waals surface area contributed by atoms with Gasteiger partial charge in [0.25, 0.3) is 0 Å². The van der Waals surface area contributed by atoms with Gasteiger partial charge in [-0.2, -0.15) is 0 Å². The van der Waals surface area contributed by atoms with Crippen LogP contribution < -0.4 is 5.73 Å². The maximum Gasteiger partial charge on any atom is 0.323 e. The van der Waals surface area contributed by atoms with Crippen molar-refractivity contribution in [2.45, 2.75) is 38.8 Å². The number of carbonyl (C=O) groups excluding carboxylic acids is 1. The van der Waals surface area contributed by atoms with E-state index >= 15 is 0 Å². The predicted octanol–water partition coefficient (Wildman–Crippen LogP) is 1.90. The molecule has 3 heteroatoms. The van der Waals surface area contributed by atoms with Crippen LogP contribution in [0.3, 0.4) is 0 Å². The molecule has 0 aliphatic carbocycles. The molecule has 1 rings (SSSR count). The minimum absolute atomic E-state index is 0.0133. The van der Waals surface area contributed by atoms with E-state index in [1.807, 2.05) is 0 Å². The van der Waals surface area contributed by atoms with E-state index in [9.17, 15) is 4.79 Å². The highest BCUT2D eigenvalue weighted by atomic mass is 16.6. The molecule has 3 nitrogen and oxygen atoms in total. The molecule has 0 bridgehead atoms. The standard InChI is InChI=1S/C13H19NO2/c1-13(2,3)16-12(15)11(14)9-10-7-5-4-6-8-10/h4-8,11H,9,14H2,1-3H3/t11-/m0/s1/i4D,5D,6D,7D,8D. The van der Waals surface area contributed by atoms with Crippen LogP contribution in [0.1, 0.15) is 33.2 Å². The molecule has 0 aliphatic heterocycles. The van der Waals surface area contributed by atoms with Crippen molar-refractivity contribution in [1.82, 2.24) is 0 Å². The maximum atomic E-state index is 11.8. The van der Waals surface area contributed by atoms with Crippen LogP contribution in [0.25, 0.3) is 0 Å². The second kappa shape index (κ2) is 5.12. The molecular weight excluding hydrogens is 202 g/mol. The van der Waals surface area contributed by atoms with Gasteiger partial charge < -0.3 is 10.5 Å². The number of ether oxygens (including phenoxy) is 1. The van der Waals surface area contributed by atoms with E-state index in [4.69, 9.17) is 17.3 Å². The first-order valence-electron chi connectivity index (χ1n) is 7.50. The SMILES string of the molecule is [2H]c1c([2H])c([2H])c(C[C@H](N)C(=O)OC(C)(C)C)c([2H])c1[2H]. The van der Waals surface area contributed by atoms with Gasteiger partial charge in [0.15, 0.2) is 0 Å². The van der Waals surface area contributed by atoms with E-state index < -0.39 is 35.7 Å². The fourth-order valence-electron chi connectivity index (χ4n) is 1.06. The number of nitrogens with two attached hydrogens (primary N) is 1. The average molecular weight is 226 g/mol. The summed E-state index contributed by atoms with van der Waals surface area (Å²) in [6.45, 7) is 5.09. The van der Waals surface area contributed by atoms with E-state index in [2.05, 4.69) is 0 Å². The third-order valence-corrected chi connectivity index (χ3v) is 1.69. The zero-order valence-electron chi connectivity index (χ0n) is 14.7. The Hall–Kier alpha value is -1.35. The first-order chi connectivity index (χ1) is 9.45. The summed E-state index contributed by atoms with van der Waals surface area (Å²) in [5, 5.41) is 0. The van der Waals surface area contributed by atoms with Gasteiger partial charge in [-0.1, -0.05) is 30.2 Å². The van der Waals surface area contributed by atoms with Crippen molar-refractivity contribution in [3.8, 4) is 0 Å². The first kappa shape index (κ1) is 7.07. The highest BCUT2D eigenvalue weighted by molar-refractivity contribution is 5.76. The van der Waals surface area contributed by atoms with Gasteiger partial charge in [-0.25, -0.2) is 0 Å². The van der Waals surface area contributed by atoms with Crippen LogP contribution >= 0.6 is 0 Å². The van der Waals surface area contributed by atoms with Crippen molar-refractivity contribution in [2.24, 2.45) is 5.73 Å². The third-order valence-electron chi connectivity index (χ3n) is 1.69. The van der Waals surface area contributed by atoms with E-state index in [-0.39, 0.29) is 24.1 Å². The Bertz CT molecular complexity index is 540. The second-order valence-electron chi connectivity index (χ2n) is 4.45. The zero-order valence-corrected chi connectivity index (χ0v) is 9.68. The summed E-state index contributed by atoms with van der Waals surface area (Å²) in [5.41, 5.74) is 5.04. The minimum Gasteiger partial charge on any atom is -0.459 e. The predicted molar refractivity (Wildman–Crippen MR) is 64.0 cm³/mol. The number of carbonyl (C=O) groups is 1. The van der Waals surface area contributed by atoms with E-state index in [1.165, 1.54) is 0 Å². The summed E-state index contributed by atoms with van der Waals surface area (Å²) in [7, 11) is 0. The van der Waals surface area contributed by atoms with Gasteiger partial charge in [0.2, 0.25) is 0 Å². The highest BCUT2D eigenvalue weighted by Crippen LogP contribution is 2.10. The van der Waals surface area contributed by atoms with Crippen LogP contribution in [0.4, 0.5) is 0 Å². The smallest absolute Gasteiger partial charge is 0.323 e. The lowest BCUT2D eigenvalue weighted by Crippen LogP contribution is -2.38. The Labute approximate surface area is 104 Å². The van der Waals surface area contributed by atoms with Crippen LogP contribution in [0.2, 0.25) is 0 Å². The average Bonchev–Trinajstić information content (AvgIpc) is 2.37. The Balaban J connectivity index is 3.06. The van der Waals surface area contributed by atoms with Crippen LogP contribution in [-0.2, 0) is 16.0 Å². The van der Waals surface area contributed by atoms with Crippen LogP contribution in [0.5, 0.6) is 0 Å². The van der Waals surface area contributed by atoms with E-state index in [0.717, 1.165) is 0 Å². The van der Waals surface area contributed by atoms with Crippen molar-refractivity contribution < 1.29 is 16.4 Å². The molecule has 0 fully saturated rings. The molecule has 88 valence electrons. The monoisotopic (exact) mass is 226 g/mol. The maximum absolute atomic E-state index is 11.8. The molecule has 2 N–H and O–H groups in total. The molecule has 1 aromatic rings. The molecular formula is C13H19NO2. The van der Waals surface area contributed by atoms with Crippen LogP contribution in [0, 0.1) is 0 Å². The molecule has 0 aromatic heterocycles. The number of hydrogen-bond donors (Lipinski definition) is 1. The van der Waals surface area contributed by atoms with Gasteiger partial charge in [-0.3, -0.25) is 4.79 Å². The number of rotatable bonds is 3. The summed E-state index contributed by atoms with van der Waals surface area (Å²) < 4.78 is 43.3. The molecule has 1 aromatic carbocycles. The number of esters is 1. The zero-order chi connectivity index (χ0) is 16.5. The molecule has 0 saturated carbocycles. The topological polar surface area (TPSA) is 52.3 Å². The van der Waals surface area contributed by atoms with Gasteiger partial charge in [0.1, 0.15) is 11.6 Å². The lowest BCUT2D eigenvalue weighted by molar-refractivity contribution is -0.156. The number of benzene rings is 1. The quantitative estimate of drug-likeness (QED) is 0.801. The summed E-state index contributed by atoms with van der Waals surface area (Å²) >= 11 is 0. The van der Waals surface area contributed by atoms with E-state index in [0.29, 0.717) is 0 Å². The summed E-state index contributed by atoms with van der Waals surface area (Å²) in [6.07, 6.45) is -0.176. The summed E-state index contributed by atoms with van der Waals surface area (Å²) in [5.74, 6) is -0.672. The third kappa shape index (κ3) is 4.45. The van der Waals surface area contributed by atoms with Crippen molar-refractivity contribution in [2.75, 3.05) is 0 Å². The van der Waals surface area contributed by atoms with Crippen molar-refractivity contribution >= 4 is 5.97 Å². The Morgan fingerprint density at radius 2 is 2.00 bits per heavy atom. The van der Waals surface area contributed by atoms with Gasteiger partial charge in [0, 0.05) is 0 Å². The van der Waals surface area contributed by atoms with Crippen molar-refractivity contribution in [1.29, 1.82) is 0 Å². The molecule has 0 amide bonds. The molecule has 1 atom stereocenters.